The third kappa shape index (κ3) is 3.63. The van der Waals surface area contributed by atoms with Crippen LogP contribution < -0.4 is 0 Å². The molecule has 1 rings (SSSR count). The van der Waals surface area contributed by atoms with Crippen LogP contribution in [0.25, 0.3) is 0 Å². The van der Waals surface area contributed by atoms with Crippen LogP contribution in [0, 0.1) is 0 Å². The number of nitrogens with zero attached hydrogens (tertiary/aromatic N) is 2. The molecule has 1 aromatic heterocycles. The monoisotopic (exact) mass is 310 g/mol. The van der Waals surface area contributed by atoms with Crippen molar-refractivity contribution in [2.75, 3.05) is 11.9 Å². The molecule has 0 unspecified atom stereocenters. The van der Waals surface area contributed by atoms with Gasteiger partial charge in [0.05, 0.1) is 15.4 Å². The Labute approximate surface area is 107 Å². The number of rotatable bonds is 4. The molecular weight excluding hydrogens is 303 g/mol. The molecule has 0 saturated carbocycles. The van der Waals surface area contributed by atoms with Gasteiger partial charge in [0.1, 0.15) is 18.0 Å². The number of aromatic nitrogens is 1. The second kappa shape index (κ2) is 6.30. The van der Waals surface area contributed by atoms with Crippen LogP contribution in [0.1, 0.15) is 12.6 Å². The Morgan fingerprint density at radius 3 is 2.87 bits per heavy atom. The Hall–Kier alpha value is -0.320. The van der Waals surface area contributed by atoms with E-state index < -0.39 is 0 Å². The van der Waals surface area contributed by atoms with Gasteiger partial charge in [0.25, 0.3) is 0 Å². The quantitative estimate of drug-likeness (QED) is 0.484. The zero-order valence-electron chi connectivity index (χ0n) is 8.01. The molecule has 1 heterocycles. The molecule has 0 aliphatic rings. The number of alkyl halides is 1. The maximum Gasteiger partial charge on any atom is 0.117 e. The van der Waals surface area contributed by atoms with E-state index in [1.165, 1.54) is 6.20 Å². The van der Waals surface area contributed by atoms with Crippen LogP contribution in [-0.2, 0) is 4.84 Å². The molecule has 3 nitrogen and oxygen atoms in total. The molecule has 0 fully saturated rings. The number of hydrogen-bond acceptors (Lipinski definition) is 3. The van der Waals surface area contributed by atoms with E-state index in [2.05, 4.69) is 26.1 Å². The van der Waals surface area contributed by atoms with Crippen LogP contribution in [-0.4, -0.2) is 22.6 Å². The lowest BCUT2D eigenvalue weighted by Gasteiger charge is -2.04. The average molecular weight is 312 g/mol. The van der Waals surface area contributed by atoms with Gasteiger partial charge in [0.2, 0.25) is 0 Å². The fraction of sp³-hybridized carbons (Fsp3) is 0.333. The molecule has 0 bridgehead atoms. The molecule has 0 spiro atoms. The lowest BCUT2D eigenvalue weighted by atomic mass is 10.2. The van der Waals surface area contributed by atoms with Gasteiger partial charge in [-0.25, -0.2) is 0 Å². The SMILES string of the molecule is CCON=C(CBr)c1ncc(Cl)cc1Cl. The Bertz CT molecular complexity index is 371. The van der Waals surface area contributed by atoms with Crippen LogP contribution >= 0.6 is 39.1 Å². The summed E-state index contributed by atoms with van der Waals surface area (Å²) in [6.45, 7) is 2.36. The summed E-state index contributed by atoms with van der Waals surface area (Å²) in [5, 5.41) is 5.37. The van der Waals surface area contributed by atoms with Crippen molar-refractivity contribution in [3.05, 3.63) is 28.0 Å². The largest absolute Gasteiger partial charge is 0.396 e. The molecule has 0 aliphatic carbocycles. The van der Waals surface area contributed by atoms with Gasteiger partial charge in [0, 0.05) is 6.20 Å². The van der Waals surface area contributed by atoms with Crippen molar-refractivity contribution in [2.45, 2.75) is 6.92 Å². The molecule has 0 aromatic carbocycles. The summed E-state index contributed by atoms with van der Waals surface area (Å²) < 4.78 is 0. The van der Waals surface area contributed by atoms with E-state index in [0.29, 0.717) is 33.4 Å². The van der Waals surface area contributed by atoms with Gasteiger partial charge in [0.15, 0.2) is 0 Å². The first kappa shape index (κ1) is 12.7. The summed E-state index contributed by atoms with van der Waals surface area (Å²) in [4.78, 5) is 9.05. The van der Waals surface area contributed by atoms with Crippen LogP contribution in [0.4, 0.5) is 0 Å². The highest BCUT2D eigenvalue weighted by Crippen LogP contribution is 2.19. The van der Waals surface area contributed by atoms with Crippen LogP contribution in [0.2, 0.25) is 10.0 Å². The minimum Gasteiger partial charge on any atom is -0.396 e. The Morgan fingerprint density at radius 1 is 1.60 bits per heavy atom. The third-order valence-corrected chi connectivity index (χ3v) is 2.54. The predicted molar refractivity (Wildman–Crippen MR) is 66.2 cm³/mol. The summed E-state index contributed by atoms with van der Waals surface area (Å²) >= 11 is 15.0. The first-order valence-corrected chi connectivity index (χ1v) is 6.13. The standard InChI is InChI=1S/C9H9BrCl2N2O/c1-2-15-14-8(4-10)9-7(12)3-6(11)5-13-9/h3,5H,2,4H2,1H3. The molecular formula is C9H9BrCl2N2O. The highest BCUT2D eigenvalue weighted by Gasteiger charge is 2.10. The minimum atomic E-state index is 0.459. The van der Waals surface area contributed by atoms with E-state index in [9.17, 15) is 0 Å². The number of halogens is 3. The zero-order chi connectivity index (χ0) is 11.3. The molecule has 0 saturated heterocycles. The van der Waals surface area contributed by atoms with E-state index >= 15 is 0 Å². The van der Waals surface area contributed by atoms with Gasteiger partial charge >= 0.3 is 0 Å². The molecule has 0 atom stereocenters. The van der Waals surface area contributed by atoms with Gasteiger partial charge in [-0.3, -0.25) is 4.98 Å². The van der Waals surface area contributed by atoms with Crippen molar-refractivity contribution in [1.82, 2.24) is 4.98 Å². The summed E-state index contributed by atoms with van der Waals surface area (Å²) in [7, 11) is 0. The highest BCUT2D eigenvalue weighted by molar-refractivity contribution is 9.09. The number of hydrogen-bond donors (Lipinski definition) is 0. The number of oxime groups is 1. The topological polar surface area (TPSA) is 34.5 Å². The van der Waals surface area contributed by atoms with Gasteiger partial charge in [-0.1, -0.05) is 44.3 Å². The van der Waals surface area contributed by atoms with E-state index in [1.54, 1.807) is 6.07 Å². The molecule has 6 heteroatoms. The van der Waals surface area contributed by atoms with Crippen molar-refractivity contribution < 1.29 is 4.84 Å². The van der Waals surface area contributed by atoms with E-state index in [-0.39, 0.29) is 0 Å². The molecule has 15 heavy (non-hydrogen) atoms. The Morgan fingerprint density at radius 2 is 2.33 bits per heavy atom. The van der Waals surface area contributed by atoms with Crippen LogP contribution in [0.15, 0.2) is 17.4 Å². The first-order chi connectivity index (χ1) is 7.19. The smallest absolute Gasteiger partial charge is 0.117 e. The van der Waals surface area contributed by atoms with Gasteiger partial charge < -0.3 is 4.84 Å². The maximum atomic E-state index is 5.98. The van der Waals surface area contributed by atoms with Gasteiger partial charge in [-0.05, 0) is 13.0 Å². The van der Waals surface area contributed by atoms with Crippen molar-refractivity contribution >= 4 is 44.8 Å². The van der Waals surface area contributed by atoms with Crippen molar-refractivity contribution in [2.24, 2.45) is 5.16 Å². The summed E-state index contributed by atoms with van der Waals surface area (Å²) in [5.74, 6) is 0. The molecule has 82 valence electrons. The molecule has 0 N–H and O–H groups in total. The van der Waals surface area contributed by atoms with Crippen LogP contribution in [0.5, 0.6) is 0 Å². The highest BCUT2D eigenvalue weighted by atomic mass is 79.9. The zero-order valence-corrected chi connectivity index (χ0v) is 11.1. The Kier molecular flexibility index (Phi) is 5.36. The summed E-state index contributed by atoms with van der Waals surface area (Å²) in [6, 6.07) is 1.62. The molecule has 0 amide bonds. The fourth-order valence-electron chi connectivity index (χ4n) is 0.900. The molecule has 0 radical (unpaired) electrons. The van der Waals surface area contributed by atoms with Crippen molar-refractivity contribution in [3.63, 3.8) is 0 Å². The average Bonchev–Trinajstić information content (AvgIpc) is 2.21. The minimum absolute atomic E-state index is 0.459. The second-order valence-electron chi connectivity index (χ2n) is 2.57. The normalized spacial score (nSPS) is 11.6. The maximum absolute atomic E-state index is 5.98. The first-order valence-electron chi connectivity index (χ1n) is 4.25. The lowest BCUT2D eigenvalue weighted by Crippen LogP contribution is -2.07. The number of pyridine rings is 1. The van der Waals surface area contributed by atoms with Crippen molar-refractivity contribution in [3.8, 4) is 0 Å². The van der Waals surface area contributed by atoms with Crippen molar-refractivity contribution in [1.29, 1.82) is 0 Å². The van der Waals surface area contributed by atoms with Gasteiger partial charge in [-0.15, -0.1) is 0 Å². The summed E-state index contributed by atoms with van der Waals surface area (Å²) in [5.41, 5.74) is 1.21. The lowest BCUT2D eigenvalue weighted by molar-refractivity contribution is 0.159. The third-order valence-electron chi connectivity index (χ3n) is 1.51. The summed E-state index contributed by atoms with van der Waals surface area (Å²) in [6.07, 6.45) is 1.52. The van der Waals surface area contributed by atoms with E-state index in [0.717, 1.165) is 0 Å². The van der Waals surface area contributed by atoms with Crippen LogP contribution in [0.3, 0.4) is 0 Å². The Balaban J connectivity index is 3.02. The molecule has 1 aromatic rings. The van der Waals surface area contributed by atoms with E-state index in [1.807, 2.05) is 6.92 Å². The van der Waals surface area contributed by atoms with E-state index in [4.69, 9.17) is 28.0 Å². The van der Waals surface area contributed by atoms with Gasteiger partial charge in [-0.2, -0.15) is 0 Å². The molecule has 0 aliphatic heterocycles. The predicted octanol–water partition coefficient (Wildman–Crippen LogP) is 3.52. The fourth-order valence-corrected chi connectivity index (χ4v) is 1.76. The second-order valence-corrected chi connectivity index (χ2v) is 3.98.